The monoisotopic (exact) mass is 282 g/mol. The Morgan fingerprint density at radius 2 is 1.95 bits per heavy atom. The molecule has 1 aliphatic heterocycles. The van der Waals surface area contributed by atoms with Crippen LogP contribution in [-0.4, -0.2) is 46.3 Å². The minimum atomic E-state index is -0.889. The summed E-state index contributed by atoms with van der Waals surface area (Å²) in [6.07, 6.45) is 1.69. The van der Waals surface area contributed by atoms with Crippen molar-refractivity contribution in [2.24, 2.45) is 11.8 Å². The SMILES string of the molecule is CCC1C(=O)NC(=O)CN1C(=O)C1CCC(C(=O)O)C1. The molecular weight excluding hydrogens is 264 g/mol. The van der Waals surface area contributed by atoms with Gasteiger partial charge in [-0.05, 0) is 25.7 Å². The molecule has 3 unspecified atom stereocenters. The highest BCUT2D eigenvalue weighted by Gasteiger charge is 2.41. The highest BCUT2D eigenvalue weighted by molar-refractivity contribution is 6.04. The Labute approximate surface area is 116 Å². The van der Waals surface area contributed by atoms with E-state index in [-0.39, 0.29) is 18.9 Å². The second kappa shape index (κ2) is 5.60. The van der Waals surface area contributed by atoms with Gasteiger partial charge >= 0.3 is 5.97 Å². The van der Waals surface area contributed by atoms with Crippen LogP contribution in [-0.2, 0) is 19.2 Å². The summed E-state index contributed by atoms with van der Waals surface area (Å²) >= 11 is 0. The van der Waals surface area contributed by atoms with Crippen molar-refractivity contribution in [2.75, 3.05) is 6.54 Å². The number of imide groups is 1. The number of nitrogens with one attached hydrogen (secondary N) is 1. The lowest BCUT2D eigenvalue weighted by atomic mass is 10.0. The van der Waals surface area contributed by atoms with Crippen LogP contribution in [0, 0.1) is 11.8 Å². The van der Waals surface area contributed by atoms with E-state index in [0.717, 1.165) is 0 Å². The molecule has 0 aromatic rings. The van der Waals surface area contributed by atoms with Crippen molar-refractivity contribution in [3.63, 3.8) is 0 Å². The Balaban J connectivity index is 2.09. The lowest BCUT2D eigenvalue weighted by Gasteiger charge is -2.35. The molecule has 0 bridgehead atoms. The number of carbonyl (C=O) groups is 4. The Morgan fingerprint density at radius 3 is 2.50 bits per heavy atom. The van der Waals surface area contributed by atoms with Gasteiger partial charge in [-0.2, -0.15) is 0 Å². The summed E-state index contributed by atoms with van der Waals surface area (Å²) in [5.74, 6) is -3.00. The van der Waals surface area contributed by atoms with Crippen LogP contribution in [0.1, 0.15) is 32.6 Å². The number of piperazine rings is 1. The number of hydrogen-bond donors (Lipinski definition) is 2. The number of nitrogens with zero attached hydrogens (tertiary/aromatic N) is 1. The summed E-state index contributed by atoms with van der Waals surface area (Å²) in [7, 11) is 0. The Kier molecular flexibility index (Phi) is 4.06. The third-order valence-corrected chi connectivity index (χ3v) is 4.06. The van der Waals surface area contributed by atoms with E-state index in [4.69, 9.17) is 5.11 Å². The van der Waals surface area contributed by atoms with Crippen molar-refractivity contribution in [3.05, 3.63) is 0 Å². The molecule has 3 amide bonds. The molecule has 2 aliphatic rings. The summed E-state index contributed by atoms with van der Waals surface area (Å²) in [5.41, 5.74) is 0. The summed E-state index contributed by atoms with van der Waals surface area (Å²) < 4.78 is 0. The van der Waals surface area contributed by atoms with E-state index in [1.54, 1.807) is 6.92 Å². The maximum absolute atomic E-state index is 12.4. The second-order valence-electron chi connectivity index (χ2n) is 5.35. The number of rotatable bonds is 3. The maximum atomic E-state index is 12.4. The van der Waals surface area contributed by atoms with Crippen LogP contribution in [0.4, 0.5) is 0 Å². The first-order chi connectivity index (χ1) is 9.43. The topological polar surface area (TPSA) is 104 Å². The smallest absolute Gasteiger partial charge is 0.306 e. The molecule has 1 saturated heterocycles. The van der Waals surface area contributed by atoms with Gasteiger partial charge in [0, 0.05) is 5.92 Å². The highest BCUT2D eigenvalue weighted by Crippen LogP contribution is 2.33. The van der Waals surface area contributed by atoms with E-state index in [0.29, 0.717) is 19.3 Å². The van der Waals surface area contributed by atoms with E-state index in [1.165, 1.54) is 4.90 Å². The minimum Gasteiger partial charge on any atom is -0.481 e. The second-order valence-corrected chi connectivity index (χ2v) is 5.35. The van der Waals surface area contributed by atoms with Gasteiger partial charge in [-0.25, -0.2) is 0 Å². The Bertz CT molecular complexity index is 462. The van der Waals surface area contributed by atoms with Crippen molar-refractivity contribution in [1.82, 2.24) is 10.2 Å². The van der Waals surface area contributed by atoms with Gasteiger partial charge in [-0.3, -0.25) is 24.5 Å². The van der Waals surface area contributed by atoms with Crippen molar-refractivity contribution in [1.29, 1.82) is 0 Å². The summed E-state index contributed by atoms with van der Waals surface area (Å²) in [5, 5.41) is 11.2. The standard InChI is InChI=1S/C13H18N2O5/c1-2-9-11(17)14-10(16)6-15(9)12(18)7-3-4-8(5-7)13(19)20/h7-9H,2-6H2,1H3,(H,19,20)(H,14,16,17). The molecule has 110 valence electrons. The van der Waals surface area contributed by atoms with Crippen LogP contribution in [0.3, 0.4) is 0 Å². The fourth-order valence-electron chi connectivity index (χ4n) is 2.97. The number of carboxylic acid groups (broad SMARTS) is 1. The molecule has 1 heterocycles. The maximum Gasteiger partial charge on any atom is 0.306 e. The van der Waals surface area contributed by atoms with E-state index in [9.17, 15) is 19.2 Å². The molecular formula is C13H18N2O5. The van der Waals surface area contributed by atoms with Gasteiger partial charge in [0.05, 0.1) is 5.92 Å². The largest absolute Gasteiger partial charge is 0.481 e. The predicted molar refractivity (Wildman–Crippen MR) is 67.4 cm³/mol. The molecule has 2 fully saturated rings. The minimum absolute atomic E-state index is 0.128. The fourth-order valence-corrected chi connectivity index (χ4v) is 2.97. The van der Waals surface area contributed by atoms with Crippen molar-refractivity contribution in [2.45, 2.75) is 38.6 Å². The third-order valence-electron chi connectivity index (χ3n) is 4.06. The highest BCUT2D eigenvalue weighted by atomic mass is 16.4. The van der Waals surface area contributed by atoms with Crippen molar-refractivity contribution < 1.29 is 24.3 Å². The van der Waals surface area contributed by atoms with E-state index >= 15 is 0 Å². The first-order valence-corrected chi connectivity index (χ1v) is 6.81. The van der Waals surface area contributed by atoms with Crippen LogP contribution in [0.2, 0.25) is 0 Å². The molecule has 0 aromatic heterocycles. The number of aliphatic carboxylic acids is 1. The van der Waals surface area contributed by atoms with Crippen LogP contribution in [0.25, 0.3) is 0 Å². The first kappa shape index (κ1) is 14.5. The molecule has 1 saturated carbocycles. The van der Waals surface area contributed by atoms with E-state index in [1.807, 2.05) is 0 Å². The van der Waals surface area contributed by atoms with Gasteiger partial charge < -0.3 is 10.0 Å². The number of hydrogen-bond acceptors (Lipinski definition) is 4. The van der Waals surface area contributed by atoms with E-state index < -0.39 is 35.7 Å². The zero-order valence-corrected chi connectivity index (χ0v) is 11.3. The van der Waals surface area contributed by atoms with Gasteiger partial charge in [0.15, 0.2) is 0 Å². The van der Waals surface area contributed by atoms with Gasteiger partial charge in [-0.15, -0.1) is 0 Å². The van der Waals surface area contributed by atoms with Gasteiger partial charge in [-0.1, -0.05) is 6.92 Å². The van der Waals surface area contributed by atoms with Crippen LogP contribution in [0.15, 0.2) is 0 Å². The number of amides is 3. The lowest BCUT2D eigenvalue weighted by Crippen LogP contribution is -2.60. The average Bonchev–Trinajstić information content (AvgIpc) is 2.86. The predicted octanol–water partition coefficient (Wildman–Crippen LogP) is -0.249. The molecule has 1 aliphatic carbocycles. The molecule has 20 heavy (non-hydrogen) atoms. The van der Waals surface area contributed by atoms with Crippen LogP contribution >= 0.6 is 0 Å². The van der Waals surface area contributed by atoms with Gasteiger partial charge in [0.1, 0.15) is 12.6 Å². The first-order valence-electron chi connectivity index (χ1n) is 6.81. The Morgan fingerprint density at radius 1 is 1.30 bits per heavy atom. The van der Waals surface area contributed by atoms with Gasteiger partial charge in [0.25, 0.3) is 0 Å². The molecule has 7 heteroatoms. The average molecular weight is 282 g/mol. The van der Waals surface area contributed by atoms with Crippen LogP contribution < -0.4 is 5.32 Å². The number of carbonyl (C=O) groups excluding carboxylic acids is 3. The number of carboxylic acids is 1. The van der Waals surface area contributed by atoms with Crippen molar-refractivity contribution >= 4 is 23.7 Å². The molecule has 0 aromatic carbocycles. The molecule has 7 nitrogen and oxygen atoms in total. The molecule has 0 spiro atoms. The fraction of sp³-hybridized carbons (Fsp3) is 0.692. The van der Waals surface area contributed by atoms with Crippen molar-refractivity contribution in [3.8, 4) is 0 Å². The normalized spacial score (nSPS) is 30.2. The molecule has 3 atom stereocenters. The molecule has 0 radical (unpaired) electrons. The quantitative estimate of drug-likeness (QED) is 0.695. The van der Waals surface area contributed by atoms with Crippen LogP contribution in [0.5, 0.6) is 0 Å². The summed E-state index contributed by atoms with van der Waals surface area (Å²) in [6.45, 7) is 1.65. The molecule has 2 N–H and O–H groups in total. The van der Waals surface area contributed by atoms with Gasteiger partial charge in [0.2, 0.25) is 17.7 Å². The van der Waals surface area contributed by atoms with E-state index in [2.05, 4.69) is 5.32 Å². The summed E-state index contributed by atoms with van der Waals surface area (Å²) in [4.78, 5) is 47.8. The Hall–Kier alpha value is -1.92. The molecule has 2 rings (SSSR count). The third kappa shape index (κ3) is 2.66. The lowest BCUT2D eigenvalue weighted by molar-refractivity contribution is -0.152. The zero-order valence-electron chi connectivity index (χ0n) is 11.3. The zero-order chi connectivity index (χ0) is 14.9. The summed E-state index contributed by atoms with van der Waals surface area (Å²) in [6, 6.07) is -0.635.